The van der Waals surface area contributed by atoms with Gasteiger partial charge in [-0.25, -0.2) is 4.79 Å². The first-order chi connectivity index (χ1) is 11.7. The highest BCUT2D eigenvalue weighted by atomic mass is 16.5. The van der Waals surface area contributed by atoms with Crippen LogP contribution in [-0.2, 0) is 20.8 Å². The summed E-state index contributed by atoms with van der Waals surface area (Å²) in [7, 11) is -1.01. The largest absolute Gasteiger partial charge is 0.492 e. The highest BCUT2D eigenvalue weighted by Gasteiger charge is 2.32. The third kappa shape index (κ3) is 4.41. The van der Waals surface area contributed by atoms with Crippen molar-refractivity contribution in [3.8, 4) is 0 Å². The summed E-state index contributed by atoms with van der Waals surface area (Å²) in [6.45, 7) is 10.0. The Labute approximate surface area is 149 Å². The van der Waals surface area contributed by atoms with Crippen LogP contribution < -0.4 is 10.8 Å². The second-order valence-corrected chi connectivity index (χ2v) is 7.19. The first-order valence-electron chi connectivity index (χ1n) is 8.61. The Bertz CT molecular complexity index is 659. The number of nitrogens with one attached hydrogen (secondary N) is 1. The fourth-order valence-corrected chi connectivity index (χ4v) is 2.81. The van der Waals surface area contributed by atoms with Gasteiger partial charge >= 0.3 is 13.1 Å². The van der Waals surface area contributed by atoms with Gasteiger partial charge in [-0.05, 0) is 41.4 Å². The van der Waals surface area contributed by atoms with Crippen molar-refractivity contribution >= 4 is 24.5 Å². The van der Waals surface area contributed by atoms with E-state index in [1.54, 1.807) is 19.1 Å². The second-order valence-electron chi connectivity index (χ2n) is 7.19. The summed E-state index contributed by atoms with van der Waals surface area (Å²) in [6.07, 6.45) is 0. The minimum atomic E-state index is -1.01. The normalized spacial score (nSPS) is 14.6. The van der Waals surface area contributed by atoms with Crippen LogP contribution in [0.4, 0.5) is 0 Å². The van der Waals surface area contributed by atoms with Gasteiger partial charge in [0.05, 0.1) is 13.2 Å². The van der Waals surface area contributed by atoms with E-state index in [0.29, 0.717) is 29.8 Å². The monoisotopic (exact) mass is 347 g/mol. The van der Waals surface area contributed by atoms with Gasteiger partial charge in [-0.1, -0.05) is 33.8 Å². The van der Waals surface area contributed by atoms with Crippen molar-refractivity contribution in [1.82, 2.24) is 5.32 Å². The SMILES string of the molecule is Cc1c(C(=O)N[C@H](C(=O)OCC(C)C)C(C)C)ccc2c1B(O)OC2. The van der Waals surface area contributed by atoms with E-state index in [4.69, 9.17) is 9.39 Å². The maximum atomic E-state index is 12.7. The molecule has 2 N–H and O–H groups in total. The van der Waals surface area contributed by atoms with Crippen LogP contribution in [0.1, 0.15) is 49.2 Å². The standard InChI is InChI=1S/C18H26BNO5/c1-10(2)8-24-18(22)16(11(3)4)20-17(21)14-7-6-13-9-25-19(23)15(13)12(14)5/h6-7,10-11,16,23H,8-9H2,1-5H3,(H,20,21)/t16-/m0/s1. The van der Waals surface area contributed by atoms with Crippen LogP contribution in [0.3, 0.4) is 0 Å². The first kappa shape index (κ1) is 19.5. The fraction of sp³-hybridized carbons (Fsp3) is 0.556. The van der Waals surface area contributed by atoms with Gasteiger partial charge in [-0.3, -0.25) is 4.79 Å². The molecule has 0 saturated heterocycles. The Morgan fingerprint density at radius 2 is 2.00 bits per heavy atom. The number of ether oxygens (including phenoxy) is 1. The van der Waals surface area contributed by atoms with Crippen LogP contribution in [0.5, 0.6) is 0 Å². The molecule has 7 heteroatoms. The van der Waals surface area contributed by atoms with E-state index in [9.17, 15) is 14.6 Å². The molecule has 0 bridgehead atoms. The number of hydrogen-bond acceptors (Lipinski definition) is 5. The lowest BCUT2D eigenvalue weighted by atomic mass is 9.75. The summed E-state index contributed by atoms with van der Waals surface area (Å²) in [4.78, 5) is 25.0. The average molecular weight is 347 g/mol. The van der Waals surface area contributed by atoms with Crippen molar-refractivity contribution in [2.24, 2.45) is 11.8 Å². The van der Waals surface area contributed by atoms with Crippen molar-refractivity contribution < 1.29 is 24.0 Å². The van der Waals surface area contributed by atoms with E-state index >= 15 is 0 Å². The predicted molar refractivity (Wildman–Crippen MR) is 95.5 cm³/mol. The van der Waals surface area contributed by atoms with E-state index in [0.717, 1.165) is 5.56 Å². The smallest absolute Gasteiger partial charge is 0.464 e. The van der Waals surface area contributed by atoms with E-state index in [1.165, 1.54) is 0 Å². The molecular weight excluding hydrogens is 321 g/mol. The first-order valence-corrected chi connectivity index (χ1v) is 8.61. The molecule has 0 aromatic heterocycles. The molecule has 0 spiro atoms. The third-order valence-electron chi connectivity index (χ3n) is 4.26. The lowest BCUT2D eigenvalue weighted by molar-refractivity contribution is -0.148. The Balaban J connectivity index is 2.17. The van der Waals surface area contributed by atoms with Gasteiger partial charge in [0.25, 0.3) is 5.91 Å². The molecule has 6 nitrogen and oxygen atoms in total. The molecule has 1 aliphatic rings. The number of benzene rings is 1. The van der Waals surface area contributed by atoms with Gasteiger partial charge in [0.2, 0.25) is 0 Å². The summed E-state index contributed by atoms with van der Waals surface area (Å²) in [5.74, 6) is -0.668. The van der Waals surface area contributed by atoms with Gasteiger partial charge in [0.15, 0.2) is 0 Å². The highest BCUT2D eigenvalue weighted by Crippen LogP contribution is 2.17. The molecular formula is C18H26BNO5. The van der Waals surface area contributed by atoms with Crippen LogP contribution >= 0.6 is 0 Å². The summed E-state index contributed by atoms with van der Waals surface area (Å²) < 4.78 is 10.5. The van der Waals surface area contributed by atoms with Gasteiger partial charge in [-0.15, -0.1) is 0 Å². The van der Waals surface area contributed by atoms with E-state index in [1.807, 2.05) is 27.7 Å². The maximum Gasteiger partial charge on any atom is 0.492 e. The number of hydrogen-bond donors (Lipinski definition) is 2. The molecule has 1 atom stereocenters. The minimum absolute atomic E-state index is 0.104. The van der Waals surface area contributed by atoms with Gasteiger partial charge in [-0.2, -0.15) is 0 Å². The molecule has 1 aromatic carbocycles. The molecule has 136 valence electrons. The van der Waals surface area contributed by atoms with Gasteiger partial charge in [0, 0.05) is 5.56 Å². The molecule has 2 rings (SSSR count). The van der Waals surface area contributed by atoms with Crippen molar-refractivity contribution in [2.45, 2.75) is 47.3 Å². The summed E-state index contributed by atoms with van der Waals surface area (Å²) in [5, 5.41) is 12.7. The number of esters is 1. The average Bonchev–Trinajstić information content (AvgIpc) is 2.92. The molecule has 1 amide bonds. The highest BCUT2D eigenvalue weighted by molar-refractivity contribution is 6.62. The van der Waals surface area contributed by atoms with Crippen molar-refractivity contribution in [2.75, 3.05) is 6.61 Å². The van der Waals surface area contributed by atoms with Crippen LogP contribution in [0.2, 0.25) is 0 Å². The number of carbonyl (C=O) groups excluding carboxylic acids is 2. The number of rotatable bonds is 6. The number of amides is 1. The Hall–Kier alpha value is -1.86. The zero-order chi connectivity index (χ0) is 18.7. The molecule has 1 heterocycles. The van der Waals surface area contributed by atoms with E-state index in [2.05, 4.69) is 5.32 Å². The van der Waals surface area contributed by atoms with Crippen LogP contribution in [0.25, 0.3) is 0 Å². The quantitative estimate of drug-likeness (QED) is 0.596. The zero-order valence-corrected chi connectivity index (χ0v) is 15.5. The third-order valence-corrected chi connectivity index (χ3v) is 4.26. The Morgan fingerprint density at radius 3 is 2.60 bits per heavy atom. The van der Waals surface area contributed by atoms with Crippen molar-refractivity contribution in [1.29, 1.82) is 0 Å². The Kier molecular flexibility index (Phi) is 6.24. The molecule has 0 saturated carbocycles. The van der Waals surface area contributed by atoms with E-state index < -0.39 is 19.1 Å². The molecule has 1 aromatic rings. The lowest BCUT2D eigenvalue weighted by Crippen LogP contribution is -2.46. The Morgan fingerprint density at radius 1 is 1.32 bits per heavy atom. The minimum Gasteiger partial charge on any atom is -0.464 e. The van der Waals surface area contributed by atoms with Gasteiger partial charge in [0.1, 0.15) is 6.04 Å². The topological polar surface area (TPSA) is 84.9 Å². The van der Waals surface area contributed by atoms with Gasteiger partial charge < -0.3 is 19.7 Å². The maximum absolute atomic E-state index is 12.7. The summed E-state index contributed by atoms with van der Waals surface area (Å²) in [6, 6.07) is 2.75. The predicted octanol–water partition coefficient (Wildman–Crippen LogP) is 1.17. The van der Waals surface area contributed by atoms with Crippen LogP contribution in [-0.4, -0.2) is 36.7 Å². The van der Waals surface area contributed by atoms with Crippen molar-refractivity contribution in [3.63, 3.8) is 0 Å². The van der Waals surface area contributed by atoms with Crippen LogP contribution in [0.15, 0.2) is 12.1 Å². The molecule has 1 aliphatic heterocycles. The molecule has 0 fully saturated rings. The molecule has 25 heavy (non-hydrogen) atoms. The second kappa shape index (κ2) is 8.02. The molecule has 0 radical (unpaired) electrons. The zero-order valence-electron chi connectivity index (χ0n) is 15.5. The number of fused-ring (bicyclic) bond motifs is 1. The van der Waals surface area contributed by atoms with Crippen LogP contribution in [0, 0.1) is 18.8 Å². The summed E-state index contributed by atoms with van der Waals surface area (Å²) >= 11 is 0. The molecule has 0 unspecified atom stereocenters. The lowest BCUT2D eigenvalue weighted by Gasteiger charge is -2.22. The van der Waals surface area contributed by atoms with Crippen molar-refractivity contribution in [3.05, 3.63) is 28.8 Å². The molecule has 0 aliphatic carbocycles. The number of carbonyl (C=O) groups is 2. The summed E-state index contributed by atoms with van der Waals surface area (Å²) in [5.41, 5.74) is 2.60. The van der Waals surface area contributed by atoms with E-state index in [-0.39, 0.29) is 17.7 Å². The fourth-order valence-electron chi connectivity index (χ4n) is 2.81.